The lowest BCUT2D eigenvalue weighted by Gasteiger charge is -2.07. The number of carbonyl (C=O) groups is 1. The summed E-state index contributed by atoms with van der Waals surface area (Å²) >= 11 is 6.11. The van der Waals surface area contributed by atoms with E-state index >= 15 is 0 Å². The largest absolute Gasteiger partial charge is 0.496 e. The maximum Gasteiger partial charge on any atom is 0.281 e. The number of hydrogen-bond donors (Lipinski definition) is 0. The molecule has 0 aromatic heterocycles. The molecule has 0 fully saturated rings. The van der Waals surface area contributed by atoms with E-state index in [2.05, 4.69) is 31.9 Å². The predicted octanol–water partition coefficient (Wildman–Crippen LogP) is 2.94. The van der Waals surface area contributed by atoms with Crippen molar-refractivity contribution < 1.29 is 14.5 Å². The Hall–Kier alpha value is -0.950. The van der Waals surface area contributed by atoms with Crippen molar-refractivity contribution in [1.82, 2.24) is 0 Å². The van der Waals surface area contributed by atoms with E-state index in [0.29, 0.717) is 10.2 Å². The molecule has 0 saturated carbocycles. The van der Waals surface area contributed by atoms with E-state index in [9.17, 15) is 14.9 Å². The van der Waals surface area contributed by atoms with Crippen LogP contribution in [0.2, 0.25) is 0 Å². The van der Waals surface area contributed by atoms with Crippen molar-refractivity contribution in [3.05, 3.63) is 32.3 Å². The molecule has 86 valence electrons. The number of alkyl halides is 1. The van der Waals surface area contributed by atoms with Crippen LogP contribution in [0.3, 0.4) is 0 Å². The van der Waals surface area contributed by atoms with Crippen molar-refractivity contribution in [2.24, 2.45) is 0 Å². The van der Waals surface area contributed by atoms with Gasteiger partial charge in [0.15, 0.2) is 5.78 Å². The van der Waals surface area contributed by atoms with Crippen LogP contribution in [0.5, 0.6) is 5.75 Å². The molecule has 0 aliphatic rings. The molecule has 0 amide bonds. The lowest BCUT2D eigenvalue weighted by molar-refractivity contribution is -0.385. The summed E-state index contributed by atoms with van der Waals surface area (Å²) in [5.74, 6) is 0.00683. The Morgan fingerprint density at radius 3 is 2.62 bits per heavy atom. The molecule has 7 heteroatoms. The Kier molecular flexibility index (Phi) is 4.43. The molecule has 0 saturated heterocycles. The molecule has 0 atom stereocenters. The van der Waals surface area contributed by atoms with E-state index < -0.39 is 4.92 Å². The second kappa shape index (κ2) is 5.40. The van der Waals surface area contributed by atoms with Crippen molar-refractivity contribution in [2.75, 3.05) is 12.4 Å². The molecular formula is C9H7Br2NO4. The fourth-order valence-corrected chi connectivity index (χ4v) is 2.19. The first-order valence-electron chi connectivity index (χ1n) is 4.13. The smallest absolute Gasteiger partial charge is 0.281 e. The Morgan fingerprint density at radius 2 is 2.19 bits per heavy atom. The van der Waals surface area contributed by atoms with Gasteiger partial charge in [0.25, 0.3) is 5.69 Å². The van der Waals surface area contributed by atoms with Crippen LogP contribution in [0, 0.1) is 10.1 Å². The molecule has 0 unspecified atom stereocenters. The zero-order chi connectivity index (χ0) is 12.3. The summed E-state index contributed by atoms with van der Waals surface area (Å²) in [5.41, 5.74) is -0.224. The van der Waals surface area contributed by atoms with Gasteiger partial charge in [-0.15, -0.1) is 0 Å². The highest BCUT2D eigenvalue weighted by Gasteiger charge is 2.24. The normalized spacial score (nSPS) is 9.94. The monoisotopic (exact) mass is 351 g/mol. The number of methoxy groups -OCH3 is 1. The highest BCUT2D eigenvalue weighted by molar-refractivity contribution is 9.10. The first-order valence-corrected chi connectivity index (χ1v) is 6.04. The Labute approximate surface area is 108 Å². The van der Waals surface area contributed by atoms with Crippen molar-refractivity contribution in [3.8, 4) is 5.75 Å². The number of hydrogen-bond acceptors (Lipinski definition) is 4. The minimum Gasteiger partial charge on any atom is -0.496 e. The summed E-state index contributed by atoms with van der Waals surface area (Å²) in [6.45, 7) is 0. The van der Waals surface area contributed by atoms with Crippen LogP contribution < -0.4 is 4.74 Å². The molecule has 0 N–H and O–H groups in total. The van der Waals surface area contributed by atoms with Gasteiger partial charge in [-0.25, -0.2) is 0 Å². The third-order valence-corrected chi connectivity index (χ3v) is 3.20. The number of nitro groups is 1. The average molecular weight is 353 g/mol. The van der Waals surface area contributed by atoms with Crippen LogP contribution in [0.4, 0.5) is 5.69 Å². The van der Waals surface area contributed by atoms with Gasteiger partial charge < -0.3 is 4.74 Å². The highest BCUT2D eigenvalue weighted by Crippen LogP contribution is 2.35. The van der Waals surface area contributed by atoms with E-state index in [1.807, 2.05) is 0 Å². The summed E-state index contributed by atoms with van der Waals surface area (Å²) in [7, 11) is 1.42. The molecule has 0 aliphatic carbocycles. The summed E-state index contributed by atoms with van der Waals surface area (Å²) in [6.07, 6.45) is 0. The van der Waals surface area contributed by atoms with E-state index in [0.717, 1.165) is 0 Å². The lowest BCUT2D eigenvalue weighted by Crippen LogP contribution is -2.07. The number of ether oxygens (including phenoxy) is 1. The van der Waals surface area contributed by atoms with Gasteiger partial charge in [0.2, 0.25) is 0 Å². The number of nitro benzene ring substituents is 1. The number of nitrogens with zero attached hydrogens (tertiary/aromatic N) is 1. The molecule has 1 aromatic rings. The van der Waals surface area contributed by atoms with Crippen LogP contribution in [-0.2, 0) is 0 Å². The number of ketones is 1. The number of rotatable bonds is 4. The maximum atomic E-state index is 11.6. The molecule has 0 heterocycles. The molecule has 16 heavy (non-hydrogen) atoms. The van der Waals surface area contributed by atoms with E-state index in [1.165, 1.54) is 19.2 Å². The van der Waals surface area contributed by atoms with Gasteiger partial charge in [-0.3, -0.25) is 14.9 Å². The van der Waals surface area contributed by atoms with Crippen LogP contribution in [-0.4, -0.2) is 23.1 Å². The van der Waals surface area contributed by atoms with E-state index in [-0.39, 0.29) is 22.4 Å². The van der Waals surface area contributed by atoms with Crippen LogP contribution in [0.15, 0.2) is 16.6 Å². The Balaban J connectivity index is 3.48. The molecular weight excluding hydrogens is 346 g/mol. The minimum absolute atomic E-state index is 0.0135. The molecule has 1 aromatic carbocycles. The van der Waals surface area contributed by atoms with Gasteiger partial charge >= 0.3 is 0 Å². The molecule has 1 rings (SSSR count). The highest BCUT2D eigenvalue weighted by atomic mass is 79.9. The van der Waals surface area contributed by atoms with Crippen LogP contribution in [0.25, 0.3) is 0 Å². The predicted molar refractivity (Wildman–Crippen MR) is 65.5 cm³/mol. The summed E-state index contributed by atoms with van der Waals surface area (Å²) < 4.78 is 5.28. The molecule has 0 radical (unpaired) electrons. The first-order chi connectivity index (χ1) is 7.52. The van der Waals surface area contributed by atoms with Crippen LogP contribution in [0.1, 0.15) is 10.4 Å². The second-order valence-electron chi connectivity index (χ2n) is 2.79. The zero-order valence-corrected chi connectivity index (χ0v) is 11.4. The first kappa shape index (κ1) is 13.1. The van der Waals surface area contributed by atoms with Crippen molar-refractivity contribution in [3.63, 3.8) is 0 Å². The molecule has 0 bridgehead atoms. The van der Waals surface area contributed by atoms with Crippen molar-refractivity contribution in [1.29, 1.82) is 0 Å². The van der Waals surface area contributed by atoms with E-state index in [4.69, 9.17) is 4.74 Å². The fraction of sp³-hybridized carbons (Fsp3) is 0.222. The summed E-state index contributed by atoms with van der Waals surface area (Å²) in [6, 6.07) is 2.69. The topological polar surface area (TPSA) is 69.4 Å². The average Bonchev–Trinajstić information content (AvgIpc) is 2.27. The third-order valence-electron chi connectivity index (χ3n) is 1.90. The fourth-order valence-electron chi connectivity index (χ4n) is 1.19. The second-order valence-corrected chi connectivity index (χ2v) is 4.14. The maximum absolute atomic E-state index is 11.6. The molecule has 5 nitrogen and oxygen atoms in total. The number of halogens is 2. The Bertz CT molecular complexity index is 447. The SMILES string of the molecule is COc1ccc([N+](=O)[O-])c(C(=O)CBr)c1Br. The molecule has 0 spiro atoms. The van der Waals surface area contributed by atoms with Crippen molar-refractivity contribution in [2.45, 2.75) is 0 Å². The summed E-state index contributed by atoms with van der Waals surface area (Å²) in [5, 5.41) is 10.8. The van der Waals surface area contributed by atoms with Gasteiger partial charge in [-0.1, -0.05) is 15.9 Å². The third kappa shape index (κ3) is 2.41. The van der Waals surface area contributed by atoms with Gasteiger partial charge in [0.1, 0.15) is 11.3 Å². The number of carbonyl (C=O) groups excluding carboxylic acids is 1. The summed E-state index contributed by atoms with van der Waals surface area (Å²) in [4.78, 5) is 21.8. The molecule has 0 aliphatic heterocycles. The van der Waals surface area contributed by atoms with Gasteiger partial charge in [-0.2, -0.15) is 0 Å². The Morgan fingerprint density at radius 1 is 1.56 bits per heavy atom. The van der Waals surface area contributed by atoms with Crippen LogP contribution >= 0.6 is 31.9 Å². The zero-order valence-electron chi connectivity index (χ0n) is 8.20. The lowest BCUT2D eigenvalue weighted by atomic mass is 10.1. The van der Waals surface area contributed by atoms with Gasteiger partial charge in [0, 0.05) is 6.07 Å². The van der Waals surface area contributed by atoms with Crippen molar-refractivity contribution >= 4 is 43.3 Å². The van der Waals surface area contributed by atoms with E-state index in [1.54, 1.807) is 0 Å². The van der Waals surface area contributed by atoms with Gasteiger partial charge in [0.05, 0.1) is 21.8 Å². The minimum atomic E-state index is -0.597. The standard InChI is InChI=1S/C9H7Br2NO4/c1-16-7-3-2-5(12(14)15)8(9(7)11)6(13)4-10/h2-3H,4H2,1H3. The van der Waals surface area contributed by atoms with Gasteiger partial charge in [-0.05, 0) is 22.0 Å². The quantitative estimate of drug-likeness (QED) is 0.361. The number of benzene rings is 1. The number of Topliss-reactive ketones (excluding diaryl/α,β-unsaturated/α-hetero) is 1.